The minimum absolute atomic E-state index is 0.0310. The molecule has 0 aliphatic heterocycles. The topological polar surface area (TPSA) is 96.9 Å². The third-order valence-electron chi connectivity index (χ3n) is 6.27. The number of pyridine rings is 1. The van der Waals surface area contributed by atoms with Gasteiger partial charge in [-0.2, -0.15) is 13.2 Å². The maximum Gasteiger partial charge on any atom is 0.418 e. The van der Waals surface area contributed by atoms with E-state index in [1.165, 1.54) is 31.0 Å². The monoisotopic (exact) mass is 497 g/mol. The van der Waals surface area contributed by atoms with Crippen molar-refractivity contribution in [3.05, 3.63) is 77.6 Å². The average molecular weight is 498 g/mol. The molecule has 1 amide bonds. The minimum Gasteiger partial charge on any atom is -0.354 e. The van der Waals surface area contributed by atoms with Gasteiger partial charge in [0.05, 0.1) is 46.4 Å². The lowest BCUT2D eigenvalue weighted by Gasteiger charge is -2.17. The van der Waals surface area contributed by atoms with Crippen molar-refractivity contribution < 1.29 is 22.8 Å². The van der Waals surface area contributed by atoms with Crippen molar-refractivity contribution in [3.8, 4) is 0 Å². The van der Waals surface area contributed by atoms with Crippen LogP contribution in [0.3, 0.4) is 0 Å². The lowest BCUT2D eigenvalue weighted by molar-refractivity contribution is -0.137. The molecule has 0 saturated heterocycles. The van der Waals surface area contributed by atoms with E-state index in [4.69, 9.17) is 0 Å². The zero-order chi connectivity index (χ0) is 25.9. The highest BCUT2D eigenvalue weighted by Gasteiger charge is 2.51. The molecule has 2 N–H and O–H groups in total. The van der Waals surface area contributed by atoms with Gasteiger partial charge in [-0.05, 0) is 48.6 Å². The maximum absolute atomic E-state index is 13.6. The molecule has 0 bridgehead atoms. The first-order valence-electron chi connectivity index (χ1n) is 11.6. The van der Waals surface area contributed by atoms with Crippen molar-refractivity contribution in [2.45, 2.75) is 51.7 Å². The summed E-state index contributed by atoms with van der Waals surface area (Å²) in [6.45, 7) is 3.82. The first kappa shape index (κ1) is 25.3. The van der Waals surface area contributed by atoms with Crippen LogP contribution in [0, 0.1) is 5.41 Å². The molecule has 10 heteroatoms. The predicted molar refractivity (Wildman–Crippen MR) is 128 cm³/mol. The van der Waals surface area contributed by atoms with Gasteiger partial charge in [0.15, 0.2) is 5.78 Å². The summed E-state index contributed by atoms with van der Waals surface area (Å²) in [5, 5.41) is 5.61. The lowest BCUT2D eigenvalue weighted by atomic mass is 9.96. The Morgan fingerprint density at radius 3 is 2.36 bits per heavy atom. The van der Waals surface area contributed by atoms with Gasteiger partial charge in [-0.25, -0.2) is 9.97 Å². The Morgan fingerprint density at radius 1 is 1.06 bits per heavy atom. The van der Waals surface area contributed by atoms with Crippen LogP contribution < -0.4 is 10.6 Å². The number of nitrogens with zero attached hydrogens (tertiary/aromatic N) is 3. The molecule has 2 heterocycles. The van der Waals surface area contributed by atoms with Gasteiger partial charge in [-0.15, -0.1) is 0 Å². The molecule has 36 heavy (non-hydrogen) atoms. The normalized spacial score (nSPS) is 14.4. The fourth-order valence-electron chi connectivity index (χ4n) is 3.87. The second kappa shape index (κ2) is 10.0. The number of hydrogen-bond acceptors (Lipinski definition) is 6. The lowest BCUT2D eigenvalue weighted by Crippen LogP contribution is -2.33. The molecule has 0 atom stereocenters. The standard InChI is InChI=1S/C26H26F3N5O2/c1-16(2)17-3-6-22(21(9-17)26(27,28)29)34-20-5-4-19(32-14-20)13-33-24(36)25(7-8-25)10-23(35)18-11-30-15-31-12-18/h3-6,9,11-12,14-16,34H,7-8,10,13H2,1-2H3,(H,33,36). The molecule has 0 unspecified atom stereocenters. The van der Waals surface area contributed by atoms with Gasteiger partial charge in [0.25, 0.3) is 0 Å². The largest absolute Gasteiger partial charge is 0.418 e. The Hall–Kier alpha value is -3.82. The smallest absolute Gasteiger partial charge is 0.354 e. The van der Waals surface area contributed by atoms with Gasteiger partial charge in [0.2, 0.25) is 5.91 Å². The van der Waals surface area contributed by atoms with Gasteiger partial charge >= 0.3 is 6.18 Å². The zero-order valence-electron chi connectivity index (χ0n) is 19.9. The van der Waals surface area contributed by atoms with E-state index in [0.29, 0.717) is 35.3 Å². The van der Waals surface area contributed by atoms with E-state index in [9.17, 15) is 22.8 Å². The first-order valence-corrected chi connectivity index (χ1v) is 11.6. The number of anilines is 2. The Balaban J connectivity index is 1.36. The zero-order valence-corrected chi connectivity index (χ0v) is 19.9. The Kier molecular flexibility index (Phi) is 7.05. The van der Waals surface area contributed by atoms with Gasteiger partial charge in [0.1, 0.15) is 6.33 Å². The first-order chi connectivity index (χ1) is 17.1. The van der Waals surface area contributed by atoms with Crippen molar-refractivity contribution in [2.24, 2.45) is 5.41 Å². The van der Waals surface area contributed by atoms with Gasteiger partial charge in [-0.3, -0.25) is 14.6 Å². The van der Waals surface area contributed by atoms with Crippen LogP contribution in [0.1, 0.15) is 66.2 Å². The number of carbonyl (C=O) groups excluding carboxylic acids is 2. The molecular formula is C26H26F3N5O2. The summed E-state index contributed by atoms with van der Waals surface area (Å²) in [5.74, 6) is -0.440. The number of nitrogens with one attached hydrogen (secondary N) is 2. The van der Waals surface area contributed by atoms with Crippen LogP contribution in [-0.2, 0) is 17.5 Å². The second-order valence-electron chi connectivity index (χ2n) is 9.31. The van der Waals surface area contributed by atoms with Crippen molar-refractivity contribution in [2.75, 3.05) is 5.32 Å². The summed E-state index contributed by atoms with van der Waals surface area (Å²) in [6.07, 6.45) is 2.43. The highest BCUT2D eigenvalue weighted by atomic mass is 19.4. The Bertz CT molecular complexity index is 1240. The van der Waals surface area contributed by atoms with E-state index in [1.54, 1.807) is 18.2 Å². The predicted octanol–water partition coefficient (Wildman–Crippen LogP) is 5.43. The number of rotatable bonds is 9. The molecule has 1 aliphatic carbocycles. The van der Waals surface area contributed by atoms with Crippen molar-refractivity contribution >= 4 is 23.1 Å². The van der Waals surface area contributed by atoms with Crippen LogP contribution in [-0.4, -0.2) is 26.6 Å². The second-order valence-corrected chi connectivity index (χ2v) is 9.31. The van der Waals surface area contributed by atoms with Crippen LogP contribution in [0.5, 0.6) is 0 Å². The van der Waals surface area contributed by atoms with Crippen molar-refractivity contribution in [1.29, 1.82) is 0 Å². The molecule has 0 radical (unpaired) electrons. The molecule has 188 valence electrons. The Morgan fingerprint density at radius 2 is 1.78 bits per heavy atom. The quantitative estimate of drug-likeness (QED) is 0.383. The van der Waals surface area contributed by atoms with Crippen LogP contribution >= 0.6 is 0 Å². The number of alkyl halides is 3. The molecule has 1 fully saturated rings. The van der Waals surface area contributed by atoms with E-state index in [0.717, 1.165) is 6.07 Å². The minimum atomic E-state index is -4.50. The summed E-state index contributed by atoms with van der Waals surface area (Å²) in [6, 6.07) is 7.49. The number of amides is 1. The van der Waals surface area contributed by atoms with Crippen LogP contribution in [0.2, 0.25) is 0 Å². The molecule has 0 spiro atoms. The molecule has 3 aromatic rings. The van der Waals surface area contributed by atoms with E-state index >= 15 is 0 Å². The third-order valence-corrected chi connectivity index (χ3v) is 6.27. The highest BCUT2D eigenvalue weighted by molar-refractivity contribution is 6.00. The molecule has 1 saturated carbocycles. The summed E-state index contributed by atoms with van der Waals surface area (Å²) >= 11 is 0. The molecule has 1 aliphatic rings. The number of Topliss-reactive ketones (excluding diaryl/α,β-unsaturated/α-hetero) is 1. The van der Waals surface area contributed by atoms with Crippen molar-refractivity contribution in [1.82, 2.24) is 20.3 Å². The number of carbonyl (C=O) groups is 2. The SMILES string of the molecule is CC(C)c1ccc(Nc2ccc(CNC(=O)C3(CC(=O)c4cncnc4)CC3)nc2)c(C(F)(F)F)c1. The van der Waals surface area contributed by atoms with E-state index in [-0.39, 0.29) is 36.3 Å². The van der Waals surface area contributed by atoms with Crippen LogP contribution in [0.15, 0.2) is 55.2 Å². The molecule has 7 nitrogen and oxygen atoms in total. The van der Waals surface area contributed by atoms with Gasteiger partial charge < -0.3 is 10.6 Å². The fraction of sp³-hybridized carbons (Fsp3) is 0.346. The van der Waals surface area contributed by atoms with Gasteiger partial charge in [-0.1, -0.05) is 19.9 Å². The Labute approximate surface area is 206 Å². The highest BCUT2D eigenvalue weighted by Crippen LogP contribution is 2.49. The van der Waals surface area contributed by atoms with E-state index < -0.39 is 17.2 Å². The van der Waals surface area contributed by atoms with E-state index in [2.05, 4.69) is 25.6 Å². The number of aromatic nitrogens is 3. The summed E-state index contributed by atoms with van der Waals surface area (Å²) < 4.78 is 40.8. The molecular weight excluding hydrogens is 471 g/mol. The number of benzene rings is 1. The average Bonchev–Trinajstić information content (AvgIpc) is 3.64. The third kappa shape index (κ3) is 5.87. The summed E-state index contributed by atoms with van der Waals surface area (Å²) in [5.41, 5.74) is 0.374. The van der Waals surface area contributed by atoms with Crippen molar-refractivity contribution in [3.63, 3.8) is 0 Å². The maximum atomic E-state index is 13.6. The number of ketones is 1. The van der Waals surface area contributed by atoms with E-state index in [1.807, 2.05) is 13.8 Å². The fourth-order valence-corrected chi connectivity index (χ4v) is 3.87. The van der Waals surface area contributed by atoms with Crippen LogP contribution in [0.4, 0.5) is 24.5 Å². The number of hydrogen-bond donors (Lipinski definition) is 2. The molecule has 2 aromatic heterocycles. The molecule has 1 aromatic carbocycles. The van der Waals surface area contributed by atoms with Crippen LogP contribution in [0.25, 0.3) is 0 Å². The summed E-state index contributed by atoms with van der Waals surface area (Å²) in [7, 11) is 0. The number of halogens is 3. The summed E-state index contributed by atoms with van der Waals surface area (Å²) in [4.78, 5) is 37.1. The van der Waals surface area contributed by atoms with Gasteiger partial charge in [0, 0.05) is 18.8 Å². The molecule has 4 rings (SSSR count).